The van der Waals surface area contributed by atoms with Crippen molar-refractivity contribution in [2.75, 3.05) is 0 Å². The van der Waals surface area contributed by atoms with Crippen LogP contribution in [-0.4, -0.2) is 23.3 Å². The summed E-state index contributed by atoms with van der Waals surface area (Å²) in [7, 11) is 0. The Bertz CT molecular complexity index is 104. The molecule has 0 amide bonds. The molecule has 0 aromatic rings. The first kappa shape index (κ1) is 8.02. The smallest absolute Gasteiger partial charge is 0.0595 e. The summed E-state index contributed by atoms with van der Waals surface area (Å²) in [6.07, 6.45) is 0.789. The monoisotopic (exact) mass is 143 g/mol. The van der Waals surface area contributed by atoms with E-state index in [4.69, 9.17) is 0 Å². The van der Waals surface area contributed by atoms with E-state index in [2.05, 4.69) is 26.1 Å². The lowest BCUT2D eigenvalue weighted by atomic mass is 9.88. The van der Waals surface area contributed by atoms with Crippen LogP contribution in [0.2, 0.25) is 0 Å². The summed E-state index contributed by atoms with van der Waals surface area (Å²) in [5.41, 5.74) is 0. The highest BCUT2D eigenvalue weighted by Gasteiger charge is 2.28. The van der Waals surface area contributed by atoms with Crippen molar-refractivity contribution in [2.24, 2.45) is 5.92 Å². The fourth-order valence-corrected chi connectivity index (χ4v) is 1.58. The van der Waals surface area contributed by atoms with E-state index in [1.54, 1.807) is 0 Å². The molecule has 2 N–H and O–H groups in total. The van der Waals surface area contributed by atoms with Gasteiger partial charge in [0, 0.05) is 12.1 Å². The van der Waals surface area contributed by atoms with Crippen molar-refractivity contribution in [3.05, 3.63) is 0 Å². The average molecular weight is 143 g/mol. The Balaban J connectivity index is 2.49. The number of nitrogens with one attached hydrogen (secondary N) is 1. The normalized spacial score (nSPS) is 49.2. The molecule has 4 atom stereocenters. The van der Waals surface area contributed by atoms with Gasteiger partial charge < -0.3 is 10.4 Å². The van der Waals surface area contributed by atoms with Crippen LogP contribution in [0.25, 0.3) is 0 Å². The van der Waals surface area contributed by atoms with Crippen molar-refractivity contribution in [3.63, 3.8) is 0 Å². The van der Waals surface area contributed by atoms with Crippen LogP contribution < -0.4 is 5.32 Å². The molecule has 1 aliphatic heterocycles. The zero-order valence-corrected chi connectivity index (χ0v) is 6.96. The van der Waals surface area contributed by atoms with Crippen LogP contribution in [0.1, 0.15) is 27.2 Å². The molecule has 1 heterocycles. The van der Waals surface area contributed by atoms with Gasteiger partial charge in [-0.15, -0.1) is 0 Å². The van der Waals surface area contributed by atoms with Gasteiger partial charge in [0.1, 0.15) is 0 Å². The number of rotatable bonds is 0. The topological polar surface area (TPSA) is 32.3 Å². The van der Waals surface area contributed by atoms with E-state index in [9.17, 15) is 5.11 Å². The van der Waals surface area contributed by atoms with Gasteiger partial charge in [-0.25, -0.2) is 0 Å². The van der Waals surface area contributed by atoms with Crippen molar-refractivity contribution in [3.8, 4) is 0 Å². The molecular formula is C8H17NO. The van der Waals surface area contributed by atoms with Gasteiger partial charge in [0.2, 0.25) is 0 Å². The van der Waals surface area contributed by atoms with Crippen LogP contribution in [0.3, 0.4) is 0 Å². The summed E-state index contributed by atoms with van der Waals surface area (Å²) in [6.45, 7) is 6.34. The van der Waals surface area contributed by atoms with Gasteiger partial charge >= 0.3 is 0 Å². The molecule has 0 aromatic heterocycles. The Labute approximate surface area is 62.6 Å². The van der Waals surface area contributed by atoms with E-state index in [0.717, 1.165) is 6.42 Å². The zero-order chi connectivity index (χ0) is 7.72. The SMILES string of the molecule is C[C@H]1[C@H](O)C[C@@H](C)N[C@H]1C. The summed E-state index contributed by atoms with van der Waals surface area (Å²) in [5.74, 6) is 0.399. The highest BCUT2D eigenvalue weighted by molar-refractivity contribution is 4.85. The van der Waals surface area contributed by atoms with Crippen LogP contribution in [0, 0.1) is 5.92 Å². The average Bonchev–Trinajstić information content (AvgIpc) is 1.82. The first-order valence-electron chi connectivity index (χ1n) is 4.05. The second-order valence-corrected chi connectivity index (χ2v) is 3.52. The van der Waals surface area contributed by atoms with Gasteiger partial charge in [0.15, 0.2) is 0 Å². The van der Waals surface area contributed by atoms with Crippen LogP contribution in [0.5, 0.6) is 0 Å². The van der Waals surface area contributed by atoms with E-state index in [-0.39, 0.29) is 6.10 Å². The second-order valence-electron chi connectivity index (χ2n) is 3.52. The van der Waals surface area contributed by atoms with Crippen molar-refractivity contribution < 1.29 is 5.11 Å². The second kappa shape index (κ2) is 2.89. The van der Waals surface area contributed by atoms with E-state index in [1.165, 1.54) is 0 Å². The third-order valence-corrected chi connectivity index (χ3v) is 2.54. The lowest BCUT2D eigenvalue weighted by molar-refractivity contribution is 0.0493. The van der Waals surface area contributed by atoms with Crippen LogP contribution >= 0.6 is 0 Å². The molecule has 1 saturated heterocycles. The molecule has 10 heavy (non-hydrogen) atoms. The third kappa shape index (κ3) is 1.50. The Morgan fingerprint density at radius 2 is 1.90 bits per heavy atom. The Hall–Kier alpha value is -0.0800. The summed E-state index contributed by atoms with van der Waals surface area (Å²) >= 11 is 0. The van der Waals surface area contributed by atoms with Gasteiger partial charge in [0.25, 0.3) is 0 Å². The molecule has 0 aliphatic carbocycles. The molecule has 2 nitrogen and oxygen atoms in total. The molecule has 0 radical (unpaired) electrons. The lowest BCUT2D eigenvalue weighted by Gasteiger charge is -2.35. The number of hydrogen-bond donors (Lipinski definition) is 2. The first-order valence-corrected chi connectivity index (χ1v) is 4.05. The Kier molecular flexibility index (Phi) is 2.32. The fourth-order valence-electron chi connectivity index (χ4n) is 1.58. The number of aliphatic hydroxyl groups is 1. The van der Waals surface area contributed by atoms with Gasteiger partial charge in [-0.1, -0.05) is 6.92 Å². The van der Waals surface area contributed by atoms with E-state index < -0.39 is 0 Å². The summed E-state index contributed by atoms with van der Waals surface area (Å²) in [6, 6.07) is 0.931. The van der Waals surface area contributed by atoms with Crippen molar-refractivity contribution in [1.29, 1.82) is 0 Å². The summed E-state index contributed by atoms with van der Waals surface area (Å²) in [4.78, 5) is 0. The molecule has 1 fully saturated rings. The molecule has 0 unspecified atom stereocenters. The number of piperidine rings is 1. The van der Waals surface area contributed by atoms with Crippen LogP contribution in [0.15, 0.2) is 0 Å². The molecule has 1 rings (SSSR count). The summed E-state index contributed by atoms with van der Waals surface area (Å²) in [5, 5.41) is 12.9. The fraction of sp³-hybridized carbons (Fsp3) is 1.00. The highest BCUT2D eigenvalue weighted by Crippen LogP contribution is 2.19. The maximum Gasteiger partial charge on any atom is 0.0595 e. The van der Waals surface area contributed by atoms with Crippen LogP contribution in [-0.2, 0) is 0 Å². The molecule has 0 aromatic carbocycles. The number of aliphatic hydroxyl groups excluding tert-OH is 1. The van der Waals surface area contributed by atoms with Gasteiger partial charge in [-0.3, -0.25) is 0 Å². The molecule has 0 bridgehead atoms. The van der Waals surface area contributed by atoms with E-state index in [1.807, 2.05) is 0 Å². The standard InChI is InChI=1S/C8H17NO/c1-5-4-8(10)6(2)7(3)9-5/h5-10H,4H2,1-3H3/t5-,6-,7+,8-/m1/s1. The largest absolute Gasteiger partial charge is 0.393 e. The Morgan fingerprint density at radius 3 is 2.40 bits per heavy atom. The maximum atomic E-state index is 9.48. The van der Waals surface area contributed by atoms with Gasteiger partial charge in [-0.05, 0) is 26.2 Å². The summed E-state index contributed by atoms with van der Waals surface area (Å²) < 4.78 is 0. The molecule has 0 spiro atoms. The van der Waals surface area contributed by atoms with Gasteiger partial charge in [-0.2, -0.15) is 0 Å². The predicted molar refractivity (Wildman–Crippen MR) is 41.8 cm³/mol. The number of hydrogen-bond acceptors (Lipinski definition) is 2. The van der Waals surface area contributed by atoms with Crippen molar-refractivity contribution in [1.82, 2.24) is 5.32 Å². The minimum Gasteiger partial charge on any atom is -0.393 e. The van der Waals surface area contributed by atoms with E-state index >= 15 is 0 Å². The molecule has 2 heteroatoms. The molecule has 1 aliphatic rings. The quantitative estimate of drug-likeness (QED) is 0.524. The van der Waals surface area contributed by atoms with Crippen molar-refractivity contribution in [2.45, 2.75) is 45.4 Å². The van der Waals surface area contributed by atoms with E-state index in [0.29, 0.717) is 18.0 Å². The highest BCUT2D eigenvalue weighted by atomic mass is 16.3. The minimum atomic E-state index is -0.105. The third-order valence-electron chi connectivity index (χ3n) is 2.54. The van der Waals surface area contributed by atoms with Crippen molar-refractivity contribution >= 4 is 0 Å². The van der Waals surface area contributed by atoms with Crippen LogP contribution in [0.4, 0.5) is 0 Å². The first-order chi connectivity index (χ1) is 4.61. The molecular weight excluding hydrogens is 126 g/mol. The molecule has 0 saturated carbocycles. The minimum absolute atomic E-state index is 0.105. The predicted octanol–water partition coefficient (Wildman–Crippen LogP) is 0.754. The maximum absolute atomic E-state index is 9.48. The zero-order valence-electron chi connectivity index (χ0n) is 6.96. The Morgan fingerprint density at radius 1 is 1.30 bits per heavy atom. The molecule has 60 valence electrons. The lowest BCUT2D eigenvalue weighted by Crippen LogP contribution is -2.50. The van der Waals surface area contributed by atoms with Gasteiger partial charge in [0.05, 0.1) is 6.10 Å².